The van der Waals surface area contributed by atoms with Crippen LogP contribution < -0.4 is 14.8 Å². The lowest BCUT2D eigenvalue weighted by Crippen LogP contribution is -2.22. The number of amides is 1. The summed E-state index contributed by atoms with van der Waals surface area (Å²) in [5, 5.41) is 11.1. The maximum atomic E-state index is 12.6. The van der Waals surface area contributed by atoms with Crippen LogP contribution >= 0.6 is 34.9 Å². The smallest absolute Gasteiger partial charge is 0.237 e. The Bertz CT molecular complexity index is 1050. The van der Waals surface area contributed by atoms with Gasteiger partial charge in [0.25, 0.3) is 0 Å². The molecule has 0 saturated heterocycles. The fourth-order valence-electron chi connectivity index (χ4n) is 2.87. The van der Waals surface area contributed by atoms with Gasteiger partial charge in [0.2, 0.25) is 12.7 Å². The first-order valence-corrected chi connectivity index (χ1v) is 12.6. The number of thioether (sulfide) groups is 2. The quantitative estimate of drug-likeness (QED) is 0.414. The molecule has 1 aromatic heterocycles. The van der Waals surface area contributed by atoms with Gasteiger partial charge >= 0.3 is 0 Å². The van der Waals surface area contributed by atoms with E-state index in [-0.39, 0.29) is 18.0 Å². The van der Waals surface area contributed by atoms with Crippen LogP contribution in [0.5, 0.6) is 11.5 Å². The summed E-state index contributed by atoms with van der Waals surface area (Å²) >= 11 is 4.59. The zero-order valence-corrected chi connectivity index (χ0v) is 19.9. The third kappa shape index (κ3) is 5.72. The minimum Gasteiger partial charge on any atom is -0.454 e. The summed E-state index contributed by atoms with van der Waals surface area (Å²) in [6.07, 6.45) is 0. The van der Waals surface area contributed by atoms with Gasteiger partial charge in [0.05, 0.1) is 5.25 Å². The highest BCUT2D eigenvalue weighted by molar-refractivity contribution is 8.03. The number of carbonyl (C=O) groups excluding carboxylic acids is 1. The standard InChI is InChI=1S/C22H23N3O3S3/c1-13(2)16-6-4-15(5-7-16)11-29-21-24-25-22(31-21)30-14(3)20(26)23-17-8-9-18-19(10-17)28-12-27-18/h4-10,13-14H,11-12H2,1-3H3,(H,23,26). The Kier molecular flexibility index (Phi) is 7.04. The third-order valence-corrected chi connectivity index (χ3v) is 8.00. The number of hydrogen-bond donors (Lipinski definition) is 1. The SMILES string of the molecule is CC(Sc1nnc(SCc2ccc(C(C)C)cc2)s1)C(=O)Nc1ccc2c(c1)OCO2. The summed E-state index contributed by atoms with van der Waals surface area (Å²) < 4.78 is 12.3. The Morgan fingerprint density at radius 2 is 1.81 bits per heavy atom. The average Bonchev–Trinajstić information content (AvgIpc) is 3.41. The van der Waals surface area contributed by atoms with E-state index in [0.717, 1.165) is 14.4 Å². The number of carbonyl (C=O) groups is 1. The van der Waals surface area contributed by atoms with Gasteiger partial charge < -0.3 is 14.8 Å². The number of aromatic nitrogens is 2. The van der Waals surface area contributed by atoms with Crippen molar-refractivity contribution in [3.63, 3.8) is 0 Å². The maximum Gasteiger partial charge on any atom is 0.237 e. The number of rotatable bonds is 8. The number of anilines is 1. The second-order valence-electron chi connectivity index (χ2n) is 7.34. The second-order valence-corrected chi connectivity index (χ2v) is 11.1. The van der Waals surface area contributed by atoms with E-state index >= 15 is 0 Å². The summed E-state index contributed by atoms with van der Waals surface area (Å²) in [5.41, 5.74) is 3.28. The van der Waals surface area contributed by atoms with Crippen LogP contribution in [0.1, 0.15) is 37.8 Å². The van der Waals surface area contributed by atoms with Crippen molar-refractivity contribution in [1.82, 2.24) is 10.2 Å². The van der Waals surface area contributed by atoms with Crippen LogP contribution in [-0.4, -0.2) is 28.1 Å². The molecule has 6 nitrogen and oxygen atoms in total. The van der Waals surface area contributed by atoms with Crippen LogP contribution in [0.3, 0.4) is 0 Å². The van der Waals surface area contributed by atoms with Gasteiger partial charge in [-0.2, -0.15) is 0 Å². The molecule has 0 aliphatic carbocycles. The molecule has 9 heteroatoms. The molecule has 0 radical (unpaired) electrons. The molecule has 1 unspecified atom stereocenters. The van der Waals surface area contributed by atoms with E-state index in [4.69, 9.17) is 9.47 Å². The highest BCUT2D eigenvalue weighted by atomic mass is 32.2. The number of nitrogens with one attached hydrogen (secondary N) is 1. The van der Waals surface area contributed by atoms with Crippen LogP contribution in [0.15, 0.2) is 51.1 Å². The molecular weight excluding hydrogens is 450 g/mol. The molecule has 0 bridgehead atoms. The van der Waals surface area contributed by atoms with Crippen molar-refractivity contribution in [1.29, 1.82) is 0 Å². The van der Waals surface area contributed by atoms with Gasteiger partial charge in [0, 0.05) is 17.5 Å². The molecule has 1 atom stereocenters. The topological polar surface area (TPSA) is 73.3 Å². The Labute approximate surface area is 194 Å². The number of benzene rings is 2. The van der Waals surface area contributed by atoms with Crippen molar-refractivity contribution in [3.8, 4) is 11.5 Å². The lowest BCUT2D eigenvalue weighted by atomic mass is 10.0. The molecule has 0 saturated carbocycles. The Morgan fingerprint density at radius 3 is 2.58 bits per heavy atom. The van der Waals surface area contributed by atoms with Crippen molar-refractivity contribution in [2.45, 2.75) is 46.4 Å². The Hall–Kier alpha value is -2.23. The number of hydrogen-bond acceptors (Lipinski definition) is 8. The van der Waals surface area contributed by atoms with Crippen molar-refractivity contribution in [3.05, 3.63) is 53.6 Å². The number of nitrogens with zero attached hydrogens (tertiary/aromatic N) is 2. The molecule has 162 valence electrons. The predicted molar refractivity (Wildman–Crippen MR) is 127 cm³/mol. The van der Waals surface area contributed by atoms with Crippen LogP contribution in [0.4, 0.5) is 5.69 Å². The molecular formula is C22H23N3O3S3. The highest BCUT2D eigenvalue weighted by Crippen LogP contribution is 2.35. The van der Waals surface area contributed by atoms with Crippen LogP contribution in [0, 0.1) is 0 Å². The van der Waals surface area contributed by atoms with Crippen molar-refractivity contribution >= 4 is 46.5 Å². The van der Waals surface area contributed by atoms with Gasteiger partial charge in [0.15, 0.2) is 20.2 Å². The monoisotopic (exact) mass is 473 g/mol. The molecule has 1 amide bonds. The first-order valence-electron chi connectivity index (χ1n) is 9.90. The van der Waals surface area contributed by atoms with Gasteiger partial charge in [-0.25, -0.2) is 0 Å². The number of ether oxygens (including phenoxy) is 2. The third-order valence-electron chi connectivity index (χ3n) is 4.68. The molecule has 0 fully saturated rings. The number of fused-ring (bicyclic) bond motifs is 1. The summed E-state index contributed by atoms with van der Waals surface area (Å²) in [7, 11) is 0. The first-order chi connectivity index (χ1) is 15.0. The maximum absolute atomic E-state index is 12.6. The zero-order chi connectivity index (χ0) is 21.8. The van der Waals surface area contributed by atoms with Gasteiger partial charge in [0.1, 0.15) is 0 Å². The molecule has 1 aliphatic heterocycles. The zero-order valence-electron chi connectivity index (χ0n) is 17.5. The van der Waals surface area contributed by atoms with Crippen molar-refractivity contribution in [2.24, 2.45) is 0 Å². The second kappa shape index (κ2) is 9.93. The summed E-state index contributed by atoms with van der Waals surface area (Å²) in [4.78, 5) is 12.6. The average molecular weight is 474 g/mol. The van der Waals surface area contributed by atoms with Crippen LogP contribution in [-0.2, 0) is 10.5 Å². The van der Waals surface area contributed by atoms with Crippen LogP contribution in [0.2, 0.25) is 0 Å². The van der Waals surface area contributed by atoms with E-state index in [9.17, 15) is 4.79 Å². The van der Waals surface area contributed by atoms with Gasteiger partial charge in [-0.05, 0) is 36.1 Å². The van der Waals surface area contributed by atoms with Crippen molar-refractivity contribution < 1.29 is 14.3 Å². The minimum atomic E-state index is -0.306. The molecule has 0 spiro atoms. The van der Waals surface area contributed by atoms with Crippen LogP contribution in [0.25, 0.3) is 0 Å². The van der Waals surface area contributed by atoms with E-state index in [0.29, 0.717) is 23.1 Å². The summed E-state index contributed by atoms with van der Waals surface area (Å²) in [6.45, 7) is 6.46. The first kappa shape index (κ1) is 22.0. The van der Waals surface area contributed by atoms with E-state index < -0.39 is 0 Å². The molecule has 3 aromatic rings. The summed E-state index contributed by atoms with van der Waals surface area (Å²) in [6, 6.07) is 14.1. The highest BCUT2D eigenvalue weighted by Gasteiger charge is 2.19. The lowest BCUT2D eigenvalue weighted by Gasteiger charge is -2.10. The van der Waals surface area contributed by atoms with Gasteiger partial charge in [-0.1, -0.05) is 73.0 Å². The fourth-order valence-corrected chi connectivity index (χ4v) is 5.99. The molecule has 1 N–H and O–H groups in total. The molecule has 1 aliphatic rings. The minimum absolute atomic E-state index is 0.0986. The Balaban J connectivity index is 1.28. The largest absolute Gasteiger partial charge is 0.454 e. The molecule has 2 heterocycles. The van der Waals surface area contributed by atoms with E-state index in [1.807, 2.05) is 6.92 Å². The fraction of sp³-hybridized carbons (Fsp3) is 0.318. The lowest BCUT2D eigenvalue weighted by molar-refractivity contribution is -0.115. The normalized spacial score (nSPS) is 13.4. The van der Waals surface area contributed by atoms with E-state index in [1.165, 1.54) is 34.2 Å². The Morgan fingerprint density at radius 1 is 1.06 bits per heavy atom. The van der Waals surface area contributed by atoms with Gasteiger partial charge in [-0.3, -0.25) is 4.79 Å². The predicted octanol–water partition coefficient (Wildman–Crippen LogP) is 5.80. The molecule has 31 heavy (non-hydrogen) atoms. The summed E-state index contributed by atoms with van der Waals surface area (Å²) in [5.74, 6) is 2.61. The van der Waals surface area contributed by atoms with E-state index in [1.54, 1.807) is 30.0 Å². The molecule has 4 rings (SSSR count). The van der Waals surface area contributed by atoms with Crippen molar-refractivity contribution in [2.75, 3.05) is 12.1 Å². The molecule has 2 aromatic carbocycles. The van der Waals surface area contributed by atoms with Gasteiger partial charge in [-0.15, -0.1) is 10.2 Å². The van der Waals surface area contributed by atoms with E-state index in [2.05, 4.69) is 53.6 Å².